The van der Waals surface area contributed by atoms with Gasteiger partial charge in [-0.05, 0) is 44.4 Å². The van der Waals surface area contributed by atoms with E-state index >= 15 is 0 Å². The minimum Gasteiger partial charge on any atom is -0.366 e. The molecule has 0 bridgehead atoms. The van der Waals surface area contributed by atoms with Crippen molar-refractivity contribution in [2.75, 3.05) is 17.3 Å². The Balaban J connectivity index is 1.86. The van der Waals surface area contributed by atoms with E-state index in [4.69, 9.17) is 9.97 Å². The molecule has 0 amide bonds. The summed E-state index contributed by atoms with van der Waals surface area (Å²) in [4.78, 5) is 20.8. The van der Waals surface area contributed by atoms with Crippen LogP contribution in [0.3, 0.4) is 0 Å². The second-order valence-corrected chi connectivity index (χ2v) is 8.37. The minimum absolute atomic E-state index is 0.349. The van der Waals surface area contributed by atoms with Gasteiger partial charge in [0.1, 0.15) is 16.3 Å². The molecule has 0 fully saturated rings. The molecule has 5 nitrogen and oxygen atoms in total. The van der Waals surface area contributed by atoms with Crippen LogP contribution in [0.1, 0.15) is 30.2 Å². The molecule has 1 N–H and O–H groups in total. The van der Waals surface area contributed by atoms with Gasteiger partial charge in [0.05, 0.1) is 11.6 Å². The van der Waals surface area contributed by atoms with Crippen molar-refractivity contribution >= 4 is 39.1 Å². The highest BCUT2D eigenvalue weighted by molar-refractivity contribution is 7.98. The normalized spacial score (nSPS) is 15.1. The standard InChI is InChI=1S/C18H21N5S2/c1-11(10-24-2)21-17-15-12-5-3-4-6-14(12)25-18(15)23-16(22-17)13-9-19-7-8-20-13/h7-9,11H,3-6,10H2,1-2H3,(H,21,22,23). The van der Waals surface area contributed by atoms with E-state index in [2.05, 4.69) is 28.5 Å². The molecule has 1 unspecified atom stereocenters. The molecule has 4 rings (SSSR count). The van der Waals surface area contributed by atoms with Crippen molar-refractivity contribution in [3.05, 3.63) is 29.0 Å². The van der Waals surface area contributed by atoms with Crippen LogP contribution >= 0.6 is 23.1 Å². The Hall–Kier alpha value is -1.73. The Kier molecular flexibility index (Phi) is 4.85. The maximum absolute atomic E-state index is 4.85. The molecule has 0 saturated carbocycles. The average molecular weight is 372 g/mol. The molecule has 3 aromatic heterocycles. The zero-order valence-corrected chi connectivity index (χ0v) is 16.1. The van der Waals surface area contributed by atoms with E-state index in [0.29, 0.717) is 11.9 Å². The number of thioether (sulfide) groups is 1. The molecule has 0 aliphatic heterocycles. The number of hydrogen-bond donors (Lipinski definition) is 1. The molecule has 7 heteroatoms. The Morgan fingerprint density at radius 3 is 2.92 bits per heavy atom. The van der Waals surface area contributed by atoms with Crippen molar-refractivity contribution in [1.29, 1.82) is 0 Å². The van der Waals surface area contributed by atoms with Crippen LogP contribution in [0.25, 0.3) is 21.7 Å². The third-order valence-corrected chi connectivity index (χ3v) is 6.43. The SMILES string of the molecule is CSCC(C)Nc1nc(-c2cnccn2)nc2sc3c(c12)CCCC3. The fourth-order valence-corrected chi connectivity index (χ4v) is 5.16. The quantitative estimate of drug-likeness (QED) is 0.725. The van der Waals surface area contributed by atoms with Crippen molar-refractivity contribution in [1.82, 2.24) is 19.9 Å². The first kappa shape index (κ1) is 16.7. The summed E-state index contributed by atoms with van der Waals surface area (Å²) in [5.74, 6) is 2.64. The number of thiophene rings is 1. The second-order valence-electron chi connectivity index (χ2n) is 6.38. The number of anilines is 1. The number of rotatable bonds is 5. The summed E-state index contributed by atoms with van der Waals surface area (Å²) in [7, 11) is 0. The van der Waals surface area contributed by atoms with Gasteiger partial charge in [-0.1, -0.05) is 0 Å². The maximum Gasteiger partial charge on any atom is 0.183 e. The molecule has 0 radical (unpaired) electrons. The van der Waals surface area contributed by atoms with E-state index in [1.807, 2.05) is 23.1 Å². The fraction of sp³-hybridized carbons (Fsp3) is 0.444. The minimum atomic E-state index is 0.349. The van der Waals surface area contributed by atoms with E-state index in [-0.39, 0.29) is 0 Å². The third-order valence-electron chi connectivity index (χ3n) is 4.41. The molecule has 0 spiro atoms. The number of hydrogen-bond acceptors (Lipinski definition) is 7. The summed E-state index contributed by atoms with van der Waals surface area (Å²) in [6.45, 7) is 2.20. The van der Waals surface area contributed by atoms with Crippen molar-refractivity contribution in [3.8, 4) is 11.5 Å². The molecule has 25 heavy (non-hydrogen) atoms. The van der Waals surface area contributed by atoms with Crippen LogP contribution in [0, 0.1) is 0 Å². The first-order chi connectivity index (χ1) is 12.3. The van der Waals surface area contributed by atoms with E-state index in [9.17, 15) is 0 Å². The van der Waals surface area contributed by atoms with Gasteiger partial charge in [-0.15, -0.1) is 11.3 Å². The first-order valence-electron chi connectivity index (χ1n) is 8.60. The highest BCUT2D eigenvalue weighted by Crippen LogP contribution is 2.39. The van der Waals surface area contributed by atoms with Gasteiger partial charge in [-0.2, -0.15) is 11.8 Å². The Morgan fingerprint density at radius 2 is 2.12 bits per heavy atom. The molecule has 0 saturated heterocycles. The summed E-state index contributed by atoms with van der Waals surface area (Å²) in [6, 6.07) is 0.349. The molecule has 3 aromatic rings. The fourth-order valence-electron chi connectivity index (χ4n) is 3.32. The van der Waals surface area contributed by atoms with Crippen LogP contribution in [0.5, 0.6) is 0 Å². The van der Waals surface area contributed by atoms with Crippen molar-refractivity contribution < 1.29 is 0 Å². The number of nitrogens with zero attached hydrogens (tertiary/aromatic N) is 4. The van der Waals surface area contributed by atoms with Gasteiger partial charge in [-0.3, -0.25) is 4.98 Å². The van der Waals surface area contributed by atoms with Gasteiger partial charge in [0.2, 0.25) is 0 Å². The molecular weight excluding hydrogens is 350 g/mol. The van der Waals surface area contributed by atoms with Gasteiger partial charge in [0.25, 0.3) is 0 Å². The monoisotopic (exact) mass is 371 g/mol. The number of aromatic nitrogens is 4. The lowest BCUT2D eigenvalue weighted by molar-refractivity contribution is 0.700. The zero-order valence-electron chi connectivity index (χ0n) is 14.5. The zero-order chi connectivity index (χ0) is 17.2. The van der Waals surface area contributed by atoms with Gasteiger partial charge < -0.3 is 5.32 Å². The van der Waals surface area contributed by atoms with Crippen LogP contribution in [0.2, 0.25) is 0 Å². The highest BCUT2D eigenvalue weighted by Gasteiger charge is 2.22. The Labute approximate surface area is 155 Å². The predicted octanol–water partition coefficient (Wildman–Crippen LogP) is 4.19. The third kappa shape index (κ3) is 3.35. The van der Waals surface area contributed by atoms with Crippen LogP contribution in [-0.2, 0) is 12.8 Å². The van der Waals surface area contributed by atoms with Crippen LogP contribution < -0.4 is 5.32 Å². The lowest BCUT2D eigenvalue weighted by Crippen LogP contribution is -2.19. The van der Waals surface area contributed by atoms with Gasteiger partial charge >= 0.3 is 0 Å². The molecule has 1 aliphatic carbocycles. The largest absolute Gasteiger partial charge is 0.366 e. The van der Waals surface area contributed by atoms with E-state index in [0.717, 1.165) is 34.9 Å². The maximum atomic E-state index is 4.85. The molecule has 130 valence electrons. The predicted molar refractivity (Wildman–Crippen MR) is 107 cm³/mol. The smallest absolute Gasteiger partial charge is 0.183 e. The summed E-state index contributed by atoms with van der Waals surface area (Å²) in [6.07, 6.45) is 12.0. The van der Waals surface area contributed by atoms with E-state index in [1.54, 1.807) is 18.6 Å². The van der Waals surface area contributed by atoms with Crippen LogP contribution in [0.15, 0.2) is 18.6 Å². The Morgan fingerprint density at radius 1 is 1.24 bits per heavy atom. The summed E-state index contributed by atoms with van der Waals surface area (Å²) in [5.41, 5.74) is 2.17. The molecule has 3 heterocycles. The molecular formula is C18H21N5S2. The second kappa shape index (κ2) is 7.25. The summed E-state index contributed by atoms with van der Waals surface area (Å²) >= 11 is 3.66. The van der Waals surface area contributed by atoms with Gasteiger partial charge in [0.15, 0.2) is 5.82 Å². The first-order valence-corrected chi connectivity index (χ1v) is 10.8. The van der Waals surface area contributed by atoms with Gasteiger partial charge in [0, 0.05) is 29.1 Å². The van der Waals surface area contributed by atoms with E-state index in [1.165, 1.54) is 28.7 Å². The van der Waals surface area contributed by atoms with Gasteiger partial charge in [-0.25, -0.2) is 15.0 Å². The summed E-state index contributed by atoms with van der Waals surface area (Å²) < 4.78 is 0. The van der Waals surface area contributed by atoms with Crippen LogP contribution in [-0.4, -0.2) is 38.0 Å². The van der Waals surface area contributed by atoms with Crippen LogP contribution in [0.4, 0.5) is 5.82 Å². The topological polar surface area (TPSA) is 63.6 Å². The number of aryl methyl sites for hydroxylation is 2. The lowest BCUT2D eigenvalue weighted by Gasteiger charge is -2.16. The van der Waals surface area contributed by atoms with E-state index < -0.39 is 0 Å². The molecule has 1 atom stereocenters. The lowest BCUT2D eigenvalue weighted by atomic mass is 9.97. The molecule has 1 aliphatic rings. The number of fused-ring (bicyclic) bond motifs is 3. The van der Waals surface area contributed by atoms with Crippen molar-refractivity contribution in [3.63, 3.8) is 0 Å². The average Bonchev–Trinajstić information content (AvgIpc) is 3.01. The van der Waals surface area contributed by atoms with Crippen molar-refractivity contribution in [2.45, 2.75) is 38.6 Å². The molecule has 0 aromatic carbocycles. The number of nitrogens with one attached hydrogen (secondary N) is 1. The highest BCUT2D eigenvalue weighted by atomic mass is 32.2. The Bertz CT molecular complexity index is 878. The summed E-state index contributed by atoms with van der Waals surface area (Å²) in [5, 5.41) is 4.84. The van der Waals surface area contributed by atoms with Crippen molar-refractivity contribution in [2.24, 2.45) is 0 Å².